The molecule has 0 aliphatic rings. The Morgan fingerprint density at radius 2 is 1.75 bits per heavy atom. The van der Waals surface area contributed by atoms with Crippen LogP contribution in [-0.4, -0.2) is 33.5 Å². The molecule has 0 atom stereocenters. The number of methoxy groups -OCH3 is 1. The molecule has 1 aromatic heterocycles. The van der Waals surface area contributed by atoms with Gasteiger partial charge in [0.1, 0.15) is 0 Å². The summed E-state index contributed by atoms with van der Waals surface area (Å²) < 4.78 is 15.7. The fraction of sp³-hybridized carbons (Fsp3) is 0.667. The largest absolute Gasteiger partial charge is 0.382 e. The van der Waals surface area contributed by atoms with Crippen molar-refractivity contribution in [2.75, 3.05) is 33.5 Å². The van der Waals surface area contributed by atoms with Crippen molar-refractivity contribution in [1.29, 1.82) is 0 Å². The minimum Gasteiger partial charge on any atom is -0.382 e. The molecule has 0 aromatic carbocycles. The first-order valence-corrected chi connectivity index (χ1v) is 6.26. The highest BCUT2D eigenvalue weighted by Crippen LogP contribution is 2.20. The summed E-state index contributed by atoms with van der Waals surface area (Å²) in [6.45, 7) is 7.48. The molecule has 0 aliphatic carbocycles. The molecule has 0 spiro atoms. The minimum atomic E-state index is 0.630. The first-order valence-electron chi connectivity index (χ1n) is 5.44. The van der Waals surface area contributed by atoms with Crippen molar-refractivity contribution in [2.45, 2.75) is 20.5 Å². The molecule has 0 aliphatic heterocycles. The maximum absolute atomic E-state index is 5.53. The topological polar surface area (TPSA) is 27.7 Å². The van der Waals surface area contributed by atoms with Crippen LogP contribution in [0.2, 0.25) is 0 Å². The molecule has 1 heterocycles. The summed E-state index contributed by atoms with van der Waals surface area (Å²) in [6, 6.07) is 2.19. The van der Waals surface area contributed by atoms with E-state index in [1.165, 1.54) is 15.3 Å². The van der Waals surface area contributed by atoms with E-state index in [1.807, 2.05) is 11.3 Å². The Balaban J connectivity index is 2.05. The highest BCUT2D eigenvalue weighted by Gasteiger charge is 2.02. The molecule has 0 amide bonds. The van der Waals surface area contributed by atoms with Gasteiger partial charge in [0, 0.05) is 16.9 Å². The van der Waals surface area contributed by atoms with E-state index in [1.54, 1.807) is 7.11 Å². The van der Waals surface area contributed by atoms with Gasteiger partial charge in [-0.1, -0.05) is 0 Å². The summed E-state index contributed by atoms with van der Waals surface area (Å²) in [7, 11) is 1.67. The zero-order valence-electron chi connectivity index (χ0n) is 10.2. The van der Waals surface area contributed by atoms with Gasteiger partial charge in [0.15, 0.2) is 0 Å². The Labute approximate surface area is 101 Å². The zero-order chi connectivity index (χ0) is 11.8. The summed E-state index contributed by atoms with van der Waals surface area (Å²) >= 11 is 1.82. The van der Waals surface area contributed by atoms with Crippen LogP contribution in [0.4, 0.5) is 0 Å². The van der Waals surface area contributed by atoms with Crippen molar-refractivity contribution in [2.24, 2.45) is 0 Å². The molecule has 0 fully saturated rings. The lowest BCUT2D eigenvalue weighted by Gasteiger charge is -2.05. The predicted molar refractivity (Wildman–Crippen MR) is 66.1 cm³/mol. The smallest absolute Gasteiger partial charge is 0.0728 e. The number of ether oxygens (including phenoxy) is 3. The second kappa shape index (κ2) is 7.79. The number of hydrogen-bond acceptors (Lipinski definition) is 4. The van der Waals surface area contributed by atoms with Crippen LogP contribution >= 0.6 is 11.3 Å². The van der Waals surface area contributed by atoms with Crippen LogP contribution in [-0.2, 0) is 20.8 Å². The quantitative estimate of drug-likeness (QED) is 0.658. The van der Waals surface area contributed by atoms with Gasteiger partial charge in [0.25, 0.3) is 0 Å². The summed E-state index contributed by atoms with van der Waals surface area (Å²) in [6.07, 6.45) is 0. The van der Waals surface area contributed by atoms with E-state index < -0.39 is 0 Å². The normalized spacial score (nSPS) is 10.9. The van der Waals surface area contributed by atoms with Gasteiger partial charge in [0.2, 0.25) is 0 Å². The SMILES string of the molecule is COCCOCCOCc1cc(C)sc1C. The monoisotopic (exact) mass is 244 g/mol. The summed E-state index contributed by atoms with van der Waals surface area (Å²) in [5, 5.41) is 0. The Morgan fingerprint density at radius 1 is 1.06 bits per heavy atom. The van der Waals surface area contributed by atoms with Crippen LogP contribution < -0.4 is 0 Å². The highest BCUT2D eigenvalue weighted by molar-refractivity contribution is 7.12. The number of aryl methyl sites for hydroxylation is 2. The van der Waals surface area contributed by atoms with Gasteiger partial charge in [-0.25, -0.2) is 0 Å². The van der Waals surface area contributed by atoms with E-state index in [-0.39, 0.29) is 0 Å². The van der Waals surface area contributed by atoms with E-state index in [2.05, 4.69) is 19.9 Å². The molecule has 0 unspecified atom stereocenters. The Bertz CT molecular complexity index is 296. The van der Waals surface area contributed by atoms with E-state index in [4.69, 9.17) is 14.2 Å². The zero-order valence-corrected chi connectivity index (χ0v) is 11.1. The minimum absolute atomic E-state index is 0.630. The second-order valence-corrected chi connectivity index (χ2v) is 5.06. The Kier molecular flexibility index (Phi) is 6.64. The fourth-order valence-electron chi connectivity index (χ4n) is 1.37. The lowest BCUT2D eigenvalue weighted by Crippen LogP contribution is -2.08. The number of thiophene rings is 1. The lowest BCUT2D eigenvalue weighted by atomic mass is 10.3. The molecule has 16 heavy (non-hydrogen) atoms. The highest BCUT2D eigenvalue weighted by atomic mass is 32.1. The maximum Gasteiger partial charge on any atom is 0.0728 e. The van der Waals surface area contributed by atoms with Gasteiger partial charge in [-0.15, -0.1) is 11.3 Å². The third-order valence-corrected chi connectivity index (χ3v) is 3.21. The first-order chi connectivity index (χ1) is 7.74. The second-order valence-electron chi connectivity index (χ2n) is 3.60. The van der Waals surface area contributed by atoms with Crippen molar-refractivity contribution >= 4 is 11.3 Å². The molecule has 0 bridgehead atoms. The van der Waals surface area contributed by atoms with Crippen LogP contribution in [0, 0.1) is 13.8 Å². The molecule has 0 radical (unpaired) electrons. The predicted octanol–water partition coefficient (Wildman–Crippen LogP) is 2.54. The average Bonchev–Trinajstić information content (AvgIpc) is 2.56. The molecule has 92 valence electrons. The summed E-state index contributed by atoms with van der Waals surface area (Å²) in [5.74, 6) is 0. The van der Waals surface area contributed by atoms with Crippen molar-refractivity contribution in [3.05, 3.63) is 21.4 Å². The number of rotatable bonds is 8. The van der Waals surface area contributed by atoms with Gasteiger partial charge >= 0.3 is 0 Å². The average molecular weight is 244 g/mol. The van der Waals surface area contributed by atoms with E-state index in [0.29, 0.717) is 33.0 Å². The van der Waals surface area contributed by atoms with Gasteiger partial charge < -0.3 is 14.2 Å². The summed E-state index contributed by atoms with van der Waals surface area (Å²) in [4.78, 5) is 2.69. The molecule has 3 nitrogen and oxygen atoms in total. The van der Waals surface area contributed by atoms with Crippen molar-refractivity contribution < 1.29 is 14.2 Å². The summed E-state index contributed by atoms with van der Waals surface area (Å²) in [5.41, 5.74) is 1.29. The van der Waals surface area contributed by atoms with E-state index in [9.17, 15) is 0 Å². The van der Waals surface area contributed by atoms with Crippen LogP contribution in [0.25, 0.3) is 0 Å². The molecular weight excluding hydrogens is 224 g/mol. The standard InChI is InChI=1S/C12H20O3S/c1-10-8-12(11(2)16-10)9-15-7-6-14-5-4-13-3/h8H,4-7,9H2,1-3H3. The fourth-order valence-corrected chi connectivity index (χ4v) is 2.30. The first kappa shape index (κ1) is 13.6. The van der Waals surface area contributed by atoms with Crippen molar-refractivity contribution in [3.8, 4) is 0 Å². The molecule has 4 heteroatoms. The van der Waals surface area contributed by atoms with E-state index >= 15 is 0 Å². The number of hydrogen-bond donors (Lipinski definition) is 0. The molecule has 0 saturated heterocycles. The molecule has 0 N–H and O–H groups in total. The lowest BCUT2D eigenvalue weighted by molar-refractivity contribution is 0.0199. The molecular formula is C12H20O3S. The van der Waals surface area contributed by atoms with Crippen LogP contribution in [0.1, 0.15) is 15.3 Å². The van der Waals surface area contributed by atoms with Gasteiger partial charge in [-0.05, 0) is 25.5 Å². The Hall–Kier alpha value is -0.420. The molecule has 1 rings (SSSR count). The van der Waals surface area contributed by atoms with Gasteiger partial charge in [-0.3, -0.25) is 0 Å². The van der Waals surface area contributed by atoms with Crippen LogP contribution in [0.3, 0.4) is 0 Å². The third-order valence-electron chi connectivity index (χ3n) is 2.21. The van der Waals surface area contributed by atoms with Crippen molar-refractivity contribution in [1.82, 2.24) is 0 Å². The maximum atomic E-state index is 5.53. The molecule has 0 saturated carbocycles. The van der Waals surface area contributed by atoms with Crippen LogP contribution in [0.5, 0.6) is 0 Å². The third kappa shape index (κ3) is 5.07. The van der Waals surface area contributed by atoms with Gasteiger partial charge in [-0.2, -0.15) is 0 Å². The Morgan fingerprint density at radius 3 is 2.38 bits per heavy atom. The van der Waals surface area contributed by atoms with Crippen molar-refractivity contribution in [3.63, 3.8) is 0 Å². The molecule has 1 aromatic rings. The van der Waals surface area contributed by atoms with Crippen LogP contribution in [0.15, 0.2) is 6.07 Å². The van der Waals surface area contributed by atoms with E-state index in [0.717, 1.165) is 0 Å². The van der Waals surface area contributed by atoms with Gasteiger partial charge in [0.05, 0.1) is 33.0 Å².